The lowest BCUT2D eigenvalue weighted by molar-refractivity contribution is -0.152. The molecule has 0 aliphatic carbocycles. The quantitative estimate of drug-likeness (QED) is 0.568. The lowest BCUT2D eigenvalue weighted by Crippen LogP contribution is -2.43. The van der Waals surface area contributed by atoms with Gasteiger partial charge in [-0.15, -0.1) is 0 Å². The minimum Gasteiger partial charge on any atom is -0.496 e. The van der Waals surface area contributed by atoms with Crippen LogP contribution in [-0.2, 0) is 14.3 Å². The van der Waals surface area contributed by atoms with Crippen LogP contribution in [0.1, 0.15) is 18.5 Å². The van der Waals surface area contributed by atoms with Crippen LogP contribution in [0.5, 0.6) is 5.75 Å². The number of carbonyl (C=O) groups is 2. The van der Waals surface area contributed by atoms with Crippen molar-refractivity contribution in [2.24, 2.45) is 5.92 Å². The SMILES string of the molecule is CCOC(=O)[C@@H]1C(=O)Nc2nc3ccccc3n2[C@@H]1c1ccccc1OC. The molecule has 2 atom stereocenters. The molecule has 0 unspecified atom stereocenters. The molecule has 0 fully saturated rings. The average Bonchev–Trinajstić information content (AvgIpc) is 3.04. The minimum absolute atomic E-state index is 0.193. The molecule has 7 heteroatoms. The molecule has 4 rings (SSSR count). The second-order valence-electron chi connectivity index (χ2n) is 6.20. The monoisotopic (exact) mass is 365 g/mol. The van der Waals surface area contributed by atoms with Gasteiger partial charge in [0.1, 0.15) is 5.75 Å². The van der Waals surface area contributed by atoms with Crippen molar-refractivity contribution in [2.45, 2.75) is 13.0 Å². The molecule has 1 amide bonds. The summed E-state index contributed by atoms with van der Waals surface area (Å²) in [4.78, 5) is 30.0. The number of benzene rings is 2. The lowest BCUT2D eigenvalue weighted by Gasteiger charge is -2.32. The summed E-state index contributed by atoms with van der Waals surface area (Å²) in [6, 6.07) is 14.3. The zero-order valence-electron chi connectivity index (χ0n) is 15.0. The molecule has 1 aromatic heterocycles. The number of nitrogens with one attached hydrogen (secondary N) is 1. The summed E-state index contributed by atoms with van der Waals surface area (Å²) in [5.74, 6) is -1.07. The van der Waals surface area contributed by atoms with Gasteiger partial charge in [0.25, 0.3) is 0 Å². The molecule has 1 aliphatic heterocycles. The number of esters is 1. The Balaban J connectivity index is 1.99. The van der Waals surface area contributed by atoms with E-state index in [9.17, 15) is 9.59 Å². The first-order valence-corrected chi connectivity index (χ1v) is 8.73. The number of ether oxygens (including phenoxy) is 2. The molecule has 7 nitrogen and oxygen atoms in total. The molecule has 1 aliphatic rings. The molecule has 3 aromatic rings. The number of amides is 1. The summed E-state index contributed by atoms with van der Waals surface area (Å²) in [6.07, 6.45) is 0. The van der Waals surface area contributed by atoms with E-state index in [1.807, 2.05) is 53.1 Å². The normalized spacial score (nSPS) is 18.7. The fraction of sp³-hybridized carbons (Fsp3) is 0.250. The van der Waals surface area contributed by atoms with E-state index in [0.717, 1.165) is 16.6 Å². The maximum atomic E-state index is 12.8. The van der Waals surface area contributed by atoms with E-state index in [1.54, 1.807) is 14.0 Å². The first-order chi connectivity index (χ1) is 13.2. The highest BCUT2D eigenvalue weighted by atomic mass is 16.5. The number of fused-ring (bicyclic) bond motifs is 3. The summed E-state index contributed by atoms with van der Waals surface area (Å²) in [6.45, 7) is 1.91. The number of anilines is 1. The van der Waals surface area contributed by atoms with Gasteiger partial charge in [0.2, 0.25) is 11.9 Å². The van der Waals surface area contributed by atoms with Crippen molar-refractivity contribution >= 4 is 28.9 Å². The third kappa shape index (κ3) is 2.71. The third-order valence-electron chi connectivity index (χ3n) is 4.71. The first kappa shape index (κ1) is 17.1. The molecular weight excluding hydrogens is 346 g/mol. The van der Waals surface area contributed by atoms with Crippen molar-refractivity contribution in [3.05, 3.63) is 54.1 Å². The summed E-state index contributed by atoms with van der Waals surface area (Å²) < 4.78 is 12.6. The third-order valence-corrected chi connectivity index (χ3v) is 4.71. The zero-order chi connectivity index (χ0) is 19.0. The van der Waals surface area contributed by atoms with Gasteiger partial charge in [-0.3, -0.25) is 14.9 Å². The Morgan fingerprint density at radius 3 is 2.70 bits per heavy atom. The number of imidazole rings is 1. The number of rotatable bonds is 4. The van der Waals surface area contributed by atoms with Gasteiger partial charge in [-0.25, -0.2) is 4.98 Å². The first-order valence-electron chi connectivity index (χ1n) is 8.73. The Labute approximate surface area is 155 Å². The molecule has 0 radical (unpaired) electrons. The Bertz CT molecular complexity index is 1030. The van der Waals surface area contributed by atoms with Gasteiger partial charge in [0.15, 0.2) is 5.92 Å². The number of aromatic nitrogens is 2. The van der Waals surface area contributed by atoms with Crippen LogP contribution in [0.3, 0.4) is 0 Å². The van der Waals surface area contributed by atoms with E-state index in [-0.39, 0.29) is 6.61 Å². The number of nitrogens with zero attached hydrogens (tertiary/aromatic N) is 2. The van der Waals surface area contributed by atoms with Gasteiger partial charge in [0.05, 0.1) is 30.8 Å². The lowest BCUT2D eigenvalue weighted by atomic mass is 9.89. The van der Waals surface area contributed by atoms with Crippen LogP contribution in [0.2, 0.25) is 0 Å². The van der Waals surface area contributed by atoms with Crippen LogP contribution in [0, 0.1) is 5.92 Å². The Morgan fingerprint density at radius 1 is 1.19 bits per heavy atom. The van der Waals surface area contributed by atoms with Gasteiger partial charge >= 0.3 is 5.97 Å². The van der Waals surface area contributed by atoms with Gasteiger partial charge in [-0.1, -0.05) is 30.3 Å². The summed E-state index contributed by atoms with van der Waals surface area (Å²) in [5, 5.41) is 2.75. The van der Waals surface area contributed by atoms with Crippen LogP contribution in [0.4, 0.5) is 5.95 Å². The summed E-state index contributed by atoms with van der Waals surface area (Å²) in [7, 11) is 1.56. The van der Waals surface area contributed by atoms with Crippen LogP contribution in [0.25, 0.3) is 11.0 Å². The number of para-hydroxylation sites is 3. The average molecular weight is 365 g/mol. The molecule has 2 heterocycles. The fourth-order valence-electron chi connectivity index (χ4n) is 3.59. The molecule has 138 valence electrons. The molecule has 27 heavy (non-hydrogen) atoms. The molecular formula is C20H19N3O4. The van der Waals surface area contributed by atoms with Crippen LogP contribution in [0.15, 0.2) is 48.5 Å². The molecule has 1 N–H and O–H groups in total. The van der Waals surface area contributed by atoms with Crippen molar-refractivity contribution in [1.82, 2.24) is 9.55 Å². The molecule has 0 saturated carbocycles. The number of carbonyl (C=O) groups excluding carboxylic acids is 2. The standard InChI is InChI=1S/C20H19N3O4/c1-3-27-19(25)16-17(12-8-4-7-11-15(12)26-2)23-14-10-6-5-9-13(14)21-20(23)22-18(16)24/h4-11,16-17H,3H2,1-2H3,(H,21,22,24)/t16-,17+/m0/s1. The highest BCUT2D eigenvalue weighted by molar-refractivity contribution is 6.07. The molecule has 2 aromatic carbocycles. The molecule has 0 spiro atoms. The minimum atomic E-state index is -1.05. The highest BCUT2D eigenvalue weighted by Crippen LogP contribution is 2.41. The van der Waals surface area contributed by atoms with E-state index in [1.165, 1.54) is 0 Å². The van der Waals surface area contributed by atoms with E-state index in [0.29, 0.717) is 11.7 Å². The predicted octanol–water partition coefficient (Wildman–Crippen LogP) is 2.77. The topological polar surface area (TPSA) is 82.5 Å². The van der Waals surface area contributed by atoms with Gasteiger partial charge in [-0.05, 0) is 25.1 Å². The smallest absolute Gasteiger partial charge is 0.321 e. The molecule has 0 saturated heterocycles. The second-order valence-corrected chi connectivity index (χ2v) is 6.20. The summed E-state index contributed by atoms with van der Waals surface area (Å²) >= 11 is 0. The Kier molecular flexibility index (Phi) is 4.27. The van der Waals surface area contributed by atoms with E-state index < -0.39 is 23.8 Å². The van der Waals surface area contributed by atoms with E-state index in [4.69, 9.17) is 9.47 Å². The highest BCUT2D eigenvalue weighted by Gasteiger charge is 2.45. The Hall–Kier alpha value is -3.35. The van der Waals surface area contributed by atoms with Crippen LogP contribution in [-0.4, -0.2) is 35.1 Å². The van der Waals surface area contributed by atoms with E-state index >= 15 is 0 Å². The van der Waals surface area contributed by atoms with Gasteiger partial charge < -0.3 is 14.0 Å². The number of hydrogen-bond acceptors (Lipinski definition) is 5. The van der Waals surface area contributed by atoms with E-state index in [2.05, 4.69) is 10.3 Å². The molecule has 0 bridgehead atoms. The zero-order valence-corrected chi connectivity index (χ0v) is 15.0. The van der Waals surface area contributed by atoms with Crippen molar-refractivity contribution in [2.75, 3.05) is 19.0 Å². The van der Waals surface area contributed by atoms with Crippen molar-refractivity contribution < 1.29 is 19.1 Å². The second kappa shape index (κ2) is 6.75. The van der Waals surface area contributed by atoms with Crippen LogP contribution >= 0.6 is 0 Å². The van der Waals surface area contributed by atoms with Crippen molar-refractivity contribution in [1.29, 1.82) is 0 Å². The maximum absolute atomic E-state index is 12.8. The number of hydrogen-bond donors (Lipinski definition) is 1. The van der Waals surface area contributed by atoms with Crippen LogP contribution < -0.4 is 10.1 Å². The Morgan fingerprint density at radius 2 is 1.93 bits per heavy atom. The maximum Gasteiger partial charge on any atom is 0.321 e. The fourth-order valence-corrected chi connectivity index (χ4v) is 3.59. The van der Waals surface area contributed by atoms with Gasteiger partial charge in [-0.2, -0.15) is 0 Å². The predicted molar refractivity (Wildman–Crippen MR) is 99.6 cm³/mol. The van der Waals surface area contributed by atoms with Crippen molar-refractivity contribution in [3.63, 3.8) is 0 Å². The van der Waals surface area contributed by atoms with Gasteiger partial charge in [0, 0.05) is 5.56 Å². The summed E-state index contributed by atoms with van der Waals surface area (Å²) in [5.41, 5.74) is 2.27. The number of methoxy groups -OCH3 is 1. The largest absolute Gasteiger partial charge is 0.496 e. The van der Waals surface area contributed by atoms with Crippen molar-refractivity contribution in [3.8, 4) is 5.75 Å².